The number of rotatable bonds is 5. The summed E-state index contributed by atoms with van der Waals surface area (Å²) in [7, 11) is -3.71. The zero-order chi connectivity index (χ0) is 22.9. The predicted octanol–water partition coefficient (Wildman–Crippen LogP) is 1.15. The number of urea groups is 1. The van der Waals surface area contributed by atoms with Crippen molar-refractivity contribution in [1.29, 1.82) is 0 Å². The molecule has 1 spiro atoms. The van der Waals surface area contributed by atoms with E-state index in [0.717, 1.165) is 24.2 Å². The molecule has 1 aromatic carbocycles. The van der Waals surface area contributed by atoms with Crippen LogP contribution in [-0.2, 0) is 24.3 Å². The SMILES string of the molecule is C[C@H]1CCCC[C@@]12NC(=O)N(CC(=O)Nc1cccc(S(=O)(=O)N3CCOCC3)c1)C2=O. The monoisotopic (exact) mass is 464 g/mol. The van der Waals surface area contributed by atoms with E-state index >= 15 is 0 Å². The Morgan fingerprint density at radius 2 is 2.00 bits per heavy atom. The van der Waals surface area contributed by atoms with Crippen molar-refractivity contribution in [3.05, 3.63) is 24.3 Å². The van der Waals surface area contributed by atoms with Crippen LogP contribution in [0, 0.1) is 5.92 Å². The number of imide groups is 1. The smallest absolute Gasteiger partial charge is 0.325 e. The molecule has 0 bridgehead atoms. The van der Waals surface area contributed by atoms with E-state index in [-0.39, 0.29) is 35.5 Å². The highest BCUT2D eigenvalue weighted by atomic mass is 32.2. The molecule has 0 unspecified atom stereocenters. The molecule has 2 aliphatic heterocycles. The molecule has 32 heavy (non-hydrogen) atoms. The first-order chi connectivity index (χ1) is 15.2. The summed E-state index contributed by atoms with van der Waals surface area (Å²) in [6.45, 7) is 2.72. The first kappa shape index (κ1) is 22.7. The number of anilines is 1. The minimum absolute atomic E-state index is 0.00263. The molecule has 4 rings (SSSR count). The summed E-state index contributed by atoms with van der Waals surface area (Å²) in [5, 5.41) is 5.42. The van der Waals surface area contributed by atoms with Crippen LogP contribution >= 0.6 is 0 Å². The Hall–Kier alpha value is -2.50. The van der Waals surface area contributed by atoms with Crippen LogP contribution in [0.3, 0.4) is 0 Å². The summed E-state index contributed by atoms with van der Waals surface area (Å²) in [5.74, 6) is -0.939. The van der Waals surface area contributed by atoms with Crippen LogP contribution in [0.2, 0.25) is 0 Å². The standard InChI is InChI=1S/C21H28N4O6S/c1-15-5-2-3-8-21(15)19(27)25(20(28)23-21)14-18(26)22-16-6-4-7-17(13-16)32(29,30)24-9-11-31-12-10-24/h4,6-7,13,15H,2-3,5,8-12,14H2,1H3,(H,22,26)(H,23,28)/t15-,21+/m0/s1. The molecule has 2 saturated heterocycles. The Morgan fingerprint density at radius 1 is 1.25 bits per heavy atom. The molecular weight excluding hydrogens is 436 g/mol. The summed E-state index contributed by atoms with van der Waals surface area (Å²) in [4.78, 5) is 39.1. The van der Waals surface area contributed by atoms with E-state index in [1.165, 1.54) is 22.5 Å². The number of morpholine rings is 1. The van der Waals surface area contributed by atoms with Crippen molar-refractivity contribution in [3.8, 4) is 0 Å². The second kappa shape index (κ2) is 8.80. The van der Waals surface area contributed by atoms with E-state index in [2.05, 4.69) is 10.6 Å². The highest BCUT2D eigenvalue weighted by Crippen LogP contribution is 2.38. The molecule has 3 aliphatic rings. The molecule has 2 heterocycles. The highest BCUT2D eigenvalue weighted by molar-refractivity contribution is 7.89. The molecule has 0 aromatic heterocycles. The third kappa shape index (κ3) is 4.12. The fourth-order valence-electron chi connectivity index (χ4n) is 4.65. The van der Waals surface area contributed by atoms with Crippen LogP contribution in [0.25, 0.3) is 0 Å². The molecular formula is C21H28N4O6S. The van der Waals surface area contributed by atoms with Gasteiger partial charge in [0.25, 0.3) is 5.91 Å². The zero-order valence-electron chi connectivity index (χ0n) is 18.0. The van der Waals surface area contributed by atoms with E-state index in [0.29, 0.717) is 19.6 Å². The van der Waals surface area contributed by atoms with Crippen molar-refractivity contribution < 1.29 is 27.5 Å². The highest BCUT2D eigenvalue weighted by Gasteiger charge is 2.55. The fraction of sp³-hybridized carbons (Fsp3) is 0.571. The summed E-state index contributed by atoms with van der Waals surface area (Å²) < 4.78 is 32.2. The largest absolute Gasteiger partial charge is 0.379 e. The van der Waals surface area contributed by atoms with Gasteiger partial charge in [0.2, 0.25) is 15.9 Å². The van der Waals surface area contributed by atoms with E-state index in [1.54, 1.807) is 6.07 Å². The topological polar surface area (TPSA) is 125 Å². The molecule has 10 nitrogen and oxygen atoms in total. The molecule has 2 N–H and O–H groups in total. The normalized spacial score (nSPS) is 26.9. The van der Waals surface area contributed by atoms with Gasteiger partial charge < -0.3 is 15.4 Å². The van der Waals surface area contributed by atoms with Gasteiger partial charge in [-0.05, 0) is 37.0 Å². The van der Waals surface area contributed by atoms with Crippen LogP contribution < -0.4 is 10.6 Å². The average Bonchev–Trinajstić information content (AvgIpc) is 3.01. The van der Waals surface area contributed by atoms with Crippen molar-refractivity contribution in [1.82, 2.24) is 14.5 Å². The Morgan fingerprint density at radius 3 is 2.72 bits per heavy atom. The lowest BCUT2D eigenvalue weighted by molar-refractivity contribution is -0.136. The zero-order valence-corrected chi connectivity index (χ0v) is 18.8. The first-order valence-corrected chi connectivity index (χ1v) is 12.3. The molecule has 3 fully saturated rings. The number of ether oxygens (including phenoxy) is 1. The Kier molecular flexibility index (Phi) is 6.24. The maximum absolute atomic E-state index is 13.0. The minimum atomic E-state index is -3.71. The maximum atomic E-state index is 13.0. The molecule has 1 aliphatic carbocycles. The van der Waals surface area contributed by atoms with E-state index < -0.39 is 34.0 Å². The van der Waals surface area contributed by atoms with Gasteiger partial charge in [0.05, 0.1) is 18.1 Å². The lowest BCUT2D eigenvalue weighted by atomic mass is 9.73. The molecule has 0 radical (unpaired) electrons. The van der Waals surface area contributed by atoms with Gasteiger partial charge >= 0.3 is 6.03 Å². The fourth-order valence-corrected chi connectivity index (χ4v) is 6.11. The summed E-state index contributed by atoms with van der Waals surface area (Å²) in [6.07, 6.45) is 3.27. The number of nitrogens with zero attached hydrogens (tertiary/aromatic N) is 2. The Bertz CT molecular complexity index is 1020. The van der Waals surface area contributed by atoms with Crippen LogP contribution in [0.4, 0.5) is 10.5 Å². The molecule has 2 atom stereocenters. The minimum Gasteiger partial charge on any atom is -0.379 e. The van der Waals surface area contributed by atoms with Gasteiger partial charge in [-0.2, -0.15) is 4.31 Å². The molecule has 1 saturated carbocycles. The summed E-state index contributed by atoms with van der Waals surface area (Å²) in [5.41, 5.74) is -0.654. The Labute approximate surface area is 187 Å². The van der Waals surface area contributed by atoms with Gasteiger partial charge in [-0.3, -0.25) is 14.5 Å². The number of sulfonamides is 1. The summed E-state index contributed by atoms with van der Waals surface area (Å²) in [6, 6.07) is 5.37. The molecule has 174 valence electrons. The van der Waals surface area contributed by atoms with Gasteiger partial charge in [0.15, 0.2) is 0 Å². The number of carbonyl (C=O) groups is 3. The summed E-state index contributed by atoms with van der Waals surface area (Å²) >= 11 is 0. The number of nitrogens with one attached hydrogen (secondary N) is 2. The van der Waals surface area contributed by atoms with Gasteiger partial charge in [-0.25, -0.2) is 13.2 Å². The number of carbonyl (C=O) groups excluding carboxylic acids is 3. The van der Waals surface area contributed by atoms with Crippen molar-refractivity contribution >= 4 is 33.6 Å². The molecule has 11 heteroatoms. The van der Waals surface area contributed by atoms with Crippen LogP contribution in [0.1, 0.15) is 32.6 Å². The number of amides is 4. The van der Waals surface area contributed by atoms with Crippen LogP contribution in [-0.4, -0.2) is 73.9 Å². The van der Waals surface area contributed by atoms with Crippen molar-refractivity contribution in [3.63, 3.8) is 0 Å². The lowest BCUT2D eigenvalue weighted by Gasteiger charge is -2.36. The third-order valence-electron chi connectivity index (χ3n) is 6.53. The van der Waals surface area contributed by atoms with E-state index in [9.17, 15) is 22.8 Å². The van der Waals surface area contributed by atoms with Gasteiger partial charge in [-0.15, -0.1) is 0 Å². The molecule has 1 aromatic rings. The van der Waals surface area contributed by atoms with Crippen molar-refractivity contribution in [2.24, 2.45) is 5.92 Å². The third-order valence-corrected chi connectivity index (χ3v) is 8.42. The average molecular weight is 465 g/mol. The van der Waals surface area contributed by atoms with Crippen molar-refractivity contribution in [2.45, 2.75) is 43.0 Å². The maximum Gasteiger partial charge on any atom is 0.325 e. The van der Waals surface area contributed by atoms with Gasteiger partial charge in [-0.1, -0.05) is 25.8 Å². The van der Waals surface area contributed by atoms with Gasteiger partial charge in [0.1, 0.15) is 12.1 Å². The van der Waals surface area contributed by atoms with Crippen molar-refractivity contribution in [2.75, 3.05) is 38.2 Å². The molecule has 4 amide bonds. The number of hydrogen-bond donors (Lipinski definition) is 2. The second-order valence-corrected chi connectivity index (χ2v) is 10.5. The second-order valence-electron chi connectivity index (χ2n) is 8.53. The number of hydrogen-bond acceptors (Lipinski definition) is 6. The van der Waals surface area contributed by atoms with E-state index in [4.69, 9.17) is 4.74 Å². The van der Waals surface area contributed by atoms with Crippen LogP contribution in [0.15, 0.2) is 29.2 Å². The lowest BCUT2D eigenvalue weighted by Crippen LogP contribution is -2.54. The van der Waals surface area contributed by atoms with Gasteiger partial charge in [0, 0.05) is 18.8 Å². The quantitative estimate of drug-likeness (QED) is 0.630. The number of benzene rings is 1. The predicted molar refractivity (Wildman–Crippen MR) is 115 cm³/mol. The Balaban J connectivity index is 1.44. The first-order valence-electron chi connectivity index (χ1n) is 10.9. The van der Waals surface area contributed by atoms with Crippen LogP contribution in [0.5, 0.6) is 0 Å². The van der Waals surface area contributed by atoms with E-state index in [1.807, 2.05) is 6.92 Å².